The van der Waals surface area contributed by atoms with Crippen LogP contribution in [-0.2, 0) is 0 Å². The molecule has 62 valence electrons. The highest BCUT2D eigenvalue weighted by atomic mass is 15.2. The largest absolute Gasteiger partial charge is 0.397 e. The SMILES string of the molecule is CNC1(C)C=C(C)C(N)=CN1. The molecule has 1 heterocycles. The molecule has 3 nitrogen and oxygen atoms in total. The first-order valence-corrected chi connectivity index (χ1v) is 3.69. The Morgan fingerprint density at radius 1 is 1.64 bits per heavy atom. The summed E-state index contributed by atoms with van der Waals surface area (Å²) in [6, 6.07) is 0. The molecule has 11 heavy (non-hydrogen) atoms. The lowest BCUT2D eigenvalue weighted by molar-refractivity contribution is 0.421. The Labute approximate surface area is 67.3 Å². The van der Waals surface area contributed by atoms with E-state index >= 15 is 0 Å². The topological polar surface area (TPSA) is 50.1 Å². The minimum Gasteiger partial charge on any atom is -0.397 e. The first kappa shape index (κ1) is 8.14. The van der Waals surface area contributed by atoms with Crippen LogP contribution in [0.1, 0.15) is 13.8 Å². The van der Waals surface area contributed by atoms with E-state index < -0.39 is 0 Å². The maximum Gasteiger partial charge on any atom is 0.105 e. The molecule has 0 spiro atoms. The Balaban J connectivity index is 2.84. The molecule has 1 atom stereocenters. The number of rotatable bonds is 1. The normalized spacial score (nSPS) is 30.5. The van der Waals surface area contributed by atoms with Crippen LogP contribution < -0.4 is 16.4 Å². The lowest BCUT2D eigenvalue weighted by atomic mass is 10.0. The summed E-state index contributed by atoms with van der Waals surface area (Å²) in [6.45, 7) is 4.06. The minimum atomic E-state index is -0.146. The third kappa shape index (κ3) is 1.54. The molecule has 1 rings (SSSR count). The standard InChI is InChI=1S/C8H15N3/c1-6-4-8(2,10-3)11-5-7(6)9/h4-5,10-11H,9H2,1-3H3. The van der Waals surface area contributed by atoms with Crippen LogP contribution in [0.15, 0.2) is 23.5 Å². The van der Waals surface area contributed by atoms with Gasteiger partial charge < -0.3 is 11.1 Å². The summed E-state index contributed by atoms with van der Waals surface area (Å²) < 4.78 is 0. The second kappa shape index (κ2) is 2.58. The van der Waals surface area contributed by atoms with Gasteiger partial charge >= 0.3 is 0 Å². The summed E-state index contributed by atoms with van der Waals surface area (Å²) in [7, 11) is 1.91. The number of hydrogen-bond acceptors (Lipinski definition) is 3. The zero-order valence-corrected chi connectivity index (χ0v) is 7.23. The van der Waals surface area contributed by atoms with Crippen LogP contribution in [0, 0.1) is 0 Å². The molecule has 0 amide bonds. The predicted octanol–water partition coefficient (Wildman–Crippen LogP) is 0.272. The molecule has 0 aromatic rings. The van der Waals surface area contributed by atoms with Gasteiger partial charge in [-0.25, -0.2) is 0 Å². The molecule has 1 aliphatic heterocycles. The summed E-state index contributed by atoms with van der Waals surface area (Å²) in [5, 5.41) is 6.29. The lowest BCUT2D eigenvalue weighted by Crippen LogP contribution is -2.51. The Morgan fingerprint density at radius 3 is 2.73 bits per heavy atom. The van der Waals surface area contributed by atoms with E-state index in [1.54, 1.807) is 0 Å². The monoisotopic (exact) mass is 153 g/mol. The molecule has 0 aromatic carbocycles. The molecular formula is C8H15N3. The van der Waals surface area contributed by atoms with Gasteiger partial charge in [0.2, 0.25) is 0 Å². The van der Waals surface area contributed by atoms with Gasteiger partial charge in [-0.3, -0.25) is 5.32 Å². The van der Waals surface area contributed by atoms with E-state index in [-0.39, 0.29) is 5.66 Å². The lowest BCUT2D eigenvalue weighted by Gasteiger charge is -2.30. The van der Waals surface area contributed by atoms with Crippen LogP contribution in [0.2, 0.25) is 0 Å². The summed E-state index contributed by atoms with van der Waals surface area (Å²) in [5.41, 5.74) is 7.43. The van der Waals surface area contributed by atoms with E-state index in [0.29, 0.717) is 0 Å². The van der Waals surface area contributed by atoms with E-state index in [1.807, 2.05) is 20.2 Å². The van der Waals surface area contributed by atoms with Gasteiger partial charge in [0, 0.05) is 6.20 Å². The van der Waals surface area contributed by atoms with Crippen molar-refractivity contribution in [2.24, 2.45) is 5.73 Å². The van der Waals surface area contributed by atoms with Crippen molar-refractivity contribution in [2.45, 2.75) is 19.5 Å². The number of nitrogens with one attached hydrogen (secondary N) is 2. The molecule has 0 saturated carbocycles. The van der Waals surface area contributed by atoms with E-state index in [1.165, 1.54) is 0 Å². The van der Waals surface area contributed by atoms with Gasteiger partial charge in [-0.15, -0.1) is 0 Å². The minimum absolute atomic E-state index is 0.146. The fraction of sp³-hybridized carbons (Fsp3) is 0.500. The highest BCUT2D eigenvalue weighted by Crippen LogP contribution is 2.14. The summed E-state index contributed by atoms with van der Waals surface area (Å²) >= 11 is 0. The van der Waals surface area contributed by atoms with E-state index in [0.717, 1.165) is 11.3 Å². The van der Waals surface area contributed by atoms with Crippen LogP contribution in [0.25, 0.3) is 0 Å². The quantitative estimate of drug-likeness (QED) is 0.507. The van der Waals surface area contributed by atoms with E-state index in [2.05, 4.69) is 23.6 Å². The molecule has 0 fully saturated rings. The molecule has 0 aliphatic carbocycles. The molecule has 1 aliphatic rings. The number of hydrogen-bond donors (Lipinski definition) is 3. The molecule has 0 aromatic heterocycles. The zero-order chi connectivity index (χ0) is 8.48. The summed E-state index contributed by atoms with van der Waals surface area (Å²) in [5.74, 6) is 0. The average Bonchev–Trinajstić information content (AvgIpc) is 1.98. The third-order valence-electron chi connectivity index (χ3n) is 2.01. The van der Waals surface area contributed by atoms with Crippen LogP contribution in [0.3, 0.4) is 0 Å². The molecular weight excluding hydrogens is 138 g/mol. The Morgan fingerprint density at radius 2 is 2.27 bits per heavy atom. The van der Waals surface area contributed by atoms with Crippen molar-refractivity contribution in [2.75, 3.05) is 7.05 Å². The molecule has 0 radical (unpaired) electrons. The molecule has 0 bridgehead atoms. The second-order valence-corrected chi connectivity index (χ2v) is 3.02. The highest BCUT2D eigenvalue weighted by molar-refractivity contribution is 5.32. The van der Waals surface area contributed by atoms with Crippen LogP contribution >= 0.6 is 0 Å². The molecule has 4 N–H and O–H groups in total. The fourth-order valence-corrected chi connectivity index (χ4v) is 1.04. The molecule has 1 unspecified atom stereocenters. The highest BCUT2D eigenvalue weighted by Gasteiger charge is 2.20. The third-order valence-corrected chi connectivity index (χ3v) is 2.01. The summed E-state index contributed by atoms with van der Waals surface area (Å²) in [6.07, 6.45) is 3.90. The van der Waals surface area contributed by atoms with Crippen molar-refractivity contribution < 1.29 is 0 Å². The van der Waals surface area contributed by atoms with Crippen molar-refractivity contribution in [3.05, 3.63) is 23.5 Å². The van der Waals surface area contributed by atoms with E-state index in [9.17, 15) is 0 Å². The first-order chi connectivity index (χ1) is 5.07. The number of allylic oxidation sites excluding steroid dienone is 1. The molecule has 3 heteroatoms. The predicted molar refractivity (Wildman–Crippen MR) is 46.6 cm³/mol. The maximum atomic E-state index is 5.66. The van der Waals surface area contributed by atoms with Crippen molar-refractivity contribution in [3.63, 3.8) is 0 Å². The van der Waals surface area contributed by atoms with Crippen molar-refractivity contribution >= 4 is 0 Å². The fourth-order valence-electron chi connectivity index (χ4n) is 1.04. The number of likely N-dealkylation sites (N-methyl/N-ethyl adjacent to an activating group) is 1. The van der Waals surface area contributed by atoms with Crippen LogP contribution in [0.4, 0.5) is 0 Å². The van der Waals surface area contributed by atoms with Gasteiger partial charge in [0.15, 0.2) is 0 Å². The van der Waals surface area contributed by atoms with Gasteiger partial charge in [0.05, 0.1) is 5.70 Å². The zero-order valence-electron chi connectivity index (χ0n) is 7.23. The molecule has 0 saturated heterocycles. The smallest absolute Gasteiger partial charge is 0.105 e. The number of dihydropyridines is 1. The maximum absolute atomic E-state index is 5.66. The Bertz CT molecular complexity index is 217. The van der Waals surface area contributed by atoms with Gasteiger partial charge in [0.25, 0.3) is 0 Å². The Kier molecular flexibility index (Phi) is 1.91. The first-order valence-electron chi connectivity index (χ1n) is 3.69. The average molecular weight is 153 g/mol. The van der Waals surface area contributed by atoms with Crippen molar-refractivity contribution in [3.8, 4) is 0 Å². The van der Waals surface area contributed by atoms with E-state index in [4.69, 9.17) is 5.73 Å². The van der Waals surface area contributed by atoms with Gasteiger partial charge in [-0.05, 0) is 32.5 Å². The van der Waals surface area contributed by atoms with Crippen LogP contribution in [-0.4, -0.2) is 12.7 Å². The summed E-state index contributed by atoms with van der Waals surface area (Å²) in [4.78, 5) is 0. The van der Waals surface area contributed by atoms with Crippen LogP contribution in [0.5, 0.6) is 0 Å². The van der Waals surface area contributed by atoms with Gasteiger partial charge in [-0.1, -0.05) is 0 Å². The van der Waals surface area contributed by atoms with Crippen molar-refractivity contribution in [1.82, 2.24) is 10.6 Å². The van der Waals surface area contributed by atoms with Crippen molar-refractivity contribution in [1.29, 1.82) is 0 Å². The Hall–Kier alpha value is -0.960. The van der Waals surface area contributed by atoms with Gasteiger partial charge in [-0.2, -0.15) is 0 Å². The number of nitrogens with two attached hydrogens (primary N) is 1. The van der Waals surface area contributed by atoms with Gasteiger partial charge in [0.1, 0.15) is 5.66 Å². The second-order valence-electron chi connectivity index (χ2n) is 3.02.